The van der Waals surface area contributed by atoms with Crippen molar-refractivity contribution < 1.29 is 28.6 Å². The van der Waals surface area contributed by atoms with E-state index in [4.69, 9.17) is 14.2 Å². The summed E-state index contributed by atoms with van der Waals surface area (Å²) in [5.74, 6) is -1.00. The van der Waals surface area contributed by atoms with Crippen LogP contribution in [0.25, 0.3) is 0 Å². The lowest BCUT2D eigenvalue weighted by atomic mass is 10.0. The zero-order valence-electron chi connectivity index (χ0n) is 53.9. The van der Waals surface area contributed by atoms with Gasteiger partial charge in [-0.3, -0.25) is 14.4 Å². The molecule has 0 aliphatic heterocycles. The van der Waals surface area contributed by atoms with Gasteiger partial charge in [0.25, 0.3) is 0 Å². The molecule has 0 aliphatic carbocycles. The Bertz CT molecular complexity index is 1800. The number of rotatable bonds is 61. The van der Waals surface area contributed by atoms with Crippen molar-refractivity contribution in [3.8, 4) is 0 Å². The normalized spacial score (nSPS) is 13.0. The first-order valence-electron chi connectivity index (χ1n) is 34.3. The van der Waals surface area contributed by atoms with Crippen LogP contribution in [0.1, 0.15) is 303 Å². The predicted molar refractivity (Wildman–Crippen MR) is 362 cm³/mol. The fraction of sp³-hybridized carbons (Fsp3) is 0.649. The van der Waals surface area contributed by atoms with Crippen LogP contribution in [0.2, 0.25) is 0 Å². The monoisotopic (exact) mass is 1150 g/mol. The van der Waals surface area contributed by atoms with Crippen LogP contribution in [0.3, 0.4) is 0 Å². The summed E-state index contributed by atoms with van der Waals surface area (Å²) >= 11 is 0. The molecule has 0 aromatic carbocycles. The Hall–Kier alpha value is -4.71. The number of carbonyl (C=O) groups is 3. The largest absolute Gasteiger partial charge is 0.462 e. The highest BCUT2D eigenvalue weighted by atomic mass is 16.6. The van der Waals surface area contributed by atoms with Gasteiger partial charge in [-0.1, -0.05) is 308 Å². The van der Waals surface area contributed by atoms with Gasteiger partial charge < -0.3 is 14.2 Å². The summed E-state index contributed by atoms with van der Waals surface area (Å²) < 4.78 is 16.9. The van der Waals surface area contributed by atoms with E-state index in [1.165, 1.54) is 128 Å². The Labute approximate surface area is 512 Å². The molecule has 0 heterocycles. The van der Waals surface area contributed by atoms with Crippen LogP contribution in [-0.2, 0) is 28.6 Å². The maximum absolute atomic E-state index is 12.9. The standard InChI is InChI=1S/C77H126O6/c1-4-7-10-13-16-19-22-25-27-29-31-32-33-34-35-36-37-38-39-40-41-42-43-44-46-47-49-52-55-58-61-64-67-70-76(79)82-73-74(72-81-75(78)69-66-63-60-57-54-51-24-21-18-15-12-9-6-3)83-77(80)71-68-65-62-59-56-53-50-48-45-30-28-26-23-20-17-14-11-8-5-2/h7-12,16-21,25-28,31-32,45,48,51,54,60,63,74H,4-6,13-15,22-24,29-30,33-44,46-47,49-50,52-53,55-59,61-62,64-73H2,1-3H3/b10-7-,11-8-,12-9-,19-16-,20-17-,21-18-,27-25-,28-26-,32-31-,48-45-,54-51-,63-60-. The minimum atomic E-state index is -0.820. The molecule has 470 valence electrons. The molecule has 0 saturated heterocycles. The molecular formula is C77H126O6. The van der Waals surface area contributed by atoms with E-state index in [-0.39, 0.29) is 37.5 Å². The van der Waals surface area contributed by atoms with Crippen molar-refractivity contribution in [1.29, 1.82) is 0 Å². The molecule has 0 bridgehead atoms. The molecule has 0 fully saturated rings. The second-order valence-electron chi connectivity index (χ2n) is 22.3. The first kappa shape index (κ1) is 78.3. The van der Waals surface area contributed by atoms with Gasteiger partial charge in [0.1, 0.15) is 13.2 Å². The van der Waals surface area contributed by atoms with Gasteiger partial charge in [-0.15, -0.1) is 0 Å². The molecule has 0 radical (unpaired) electrons. The van der Waals surface area contributed by atoms with Crippen molar-refractivity contribution >= 4 is 17.9 Å². The van der Waals surface area contributed by atoms with Crippen molar-refractivity contribution in [3.63, 3.8) is 0 Å². The number of hydrogen-bond acceptors (Lipinski definition) is 6. The van der Waals surface area contributed by atoms with Crippen LogP contribution in [0, 0.1) is 0 Å². The summed E-state index contributed by atoms with van der Waals surface area (Å²) in [6.45, 7) is 6.24. The van der Waals surface area contributed by atoms with Gasteiger partial charge in [0.05, 0.1) is 0 Å². The third-order valence-corrected chi connectivity index (χ3v) is 14.3. The molecule has 0 amide bonds. The number of allylic oxidation sites excluding steroid dienone is 24. The van der Waals surface area contributed by atoms with Crippen molar-refractivity contribution in [2.24, 2.45) is 0 Å². The van der Waals surface area contributed by atoms with Crippen molar-refractivity contribution in [1.82, 2.24) is 0 Å². The van der Waals surface area contributed by atoms with Gasteiger partial charge >= 0.3 is 17.9 Å². The van der Waals surface area contributed by atoms with Gasteiger partial charge in [-0.2, -0.15) is 0 Å². The van der Waals surface area contributed by atoms with Crippen LogP contribution in [0.4, 0.5) is 0 Å². The van der Waals surface area contributed by atoms with Gasteiger partial charge in [0.2, 0.25) is 0 Å². The maximum atomic E-state index is 12.9. The van der Waals surface area contributed by atoms with E-state index in [9.17, 15) is 14.4 Å². The lowest BCUT2D eigenvalue weighted by Gasteiger charge is -2.18. The summed E-state index contributed by atoms with van der Waals surface area (Å²) in [4.78, 5) is 38.3. The SMILES string of the molecule is CC/C=C\C/C=C\C/C=C\C/C=C\CCCCCCCCCCCCCCCCCCCCCCC(=O)OCC(COC(=O)CC/C=C\C/C=C\C/C=C\C/C=C\CC)OC(=O)CCCCCCCC/C=C\C/C=C\C/C=C\C/C=C\CC. The molecular weight excluding hydrogens is 1020 g/mol. The van der Waals surface area contributed by atoms with Gasteiger partial charge in [0.15, 0.2) is 6.10 Å². The van der Waals surface area contributed by atoms with Crippen LogP contribution < -0.4 is 0 Å². The van der Waals surface area contributed by atoms with Crippen molar-refractivity contribution in [2.75, 3.05) is 13.2 Å². The van der Waals surface area contributed by atoms with Gasteiger partial charge in [-0.05, 0) is 122 Å². The van der Waals surface area contributed by atoms with E-state index >= 15 is 0 Å². The van der Waals surface area contributed by atoms with Crippen LogP contribution in [0.5, 0.6) is 0 Å². The fourth-order valence-electron chi connectivity index (χ4n) is 9.32. The highest BCUT2D eigenvalue weighted by Gasteiger charge is 2.19. The minimum Gasteiger partial charge on any atom is -0.462 e. The Kier molecular flexibility index (Phi) is 65.8. The molecule has 0 spiro atoms. The molecule has 0 aliphatic rings. The Morgan fingerprint density at radius 1 is 0.241 bits per heavy atom. The Morgan fingerprint density at radius 2 is 0.458 bits per heavy atom. The average molecular weight is 1150 g/mol. The summed E-state index contributed by atoms with van der Waals surface area (Å²) in [6.07, 6.45) is 100. The highest BCUT2D eigenvalue weighted by molar-refractivity contribution is 5.71. The number of ether oxygens (including phenoxy) is 3. The van der Waals surface area contributed by atoms with Crippen LogP contribution in [-0.4, -0.2) is 37.2 Å². The summed E-state index contributed by atoms with van der Waals surface area (Å²) in [6, 6.07) is 0. The Morgan fingerprint density at radius 3 is 0.747 bits per heavy atom. The van der Waals surface area contributed by atoms with E-state index in [1.807, 2.05) is 6.08 Å². The zero-order chi connectivity index (χ0) is 59.9. The molecule has 6 nitrogen and oxygen atoms in total. The van der Waals surface area contributed by atoms with E-state index < -0.39 is 6.10 Å². The molecule has 1 unspecified atom stereocenters. The number of hydrogen-bond donors (Lipinski definition) is 0. The van der Waals surface area contributed by atoms with E-state index in [0.29, 0.717) is 19.3 Å². The first-order chi connectivity index (χ1) is 41.0. The summed E-state index contributed by atoms with van der Waals surface area (Å²) in [5.41, 5.74) is 0. The lowest BCUT2D eigenvalue weighted by molar-refractivity contribution is -0.166. The topological polar surface area (TPSA) is 78.9 Å². The number of carbonyl (C=O) groups excluding carboxylic acids is 3. The minimum absolute atomic E-state index is 0.108. The number of esters is 3. The predicted octanol–water partition coefficient (Wildman–Crippen LogP) is 23.9. The second kappa shape index (κ2) is 69.8. The molecule has 0 rings (SSSR count). The third kappa shape index (κ3) is 68.0. The molecule has 1 atom stereocenters. The molecule has 0 N–H and O–H groups in total. The van der Waals surface area contributed by atoms with E-state index in [0.717, 1.165) is 128 Å². The second-order valence-corrected chi connectivity index (χ2v) is 22.3. The third-order valence-electron chi connectivity index (χ3n) is 14.3. The molecule has 0 saturated carbocycles. The van der Waals surface area contributed by atoms with E-state index in [2.05, 4.69) is 161 Å². The molecule has 83 heavy (non-hydrogen) atoms. The fourth-order valence-corrected chi connectivity index (χ4v) is 9.32. The van der Waals surface area contributed by atoms with Crippen molar-refractivity contribution in [2.45, 2.75) is 309 Å². The van der Waals surface area contributed by atoms with Gasteiger partial charge in [0, 0.05) is 19.3 Å². The molecule has 0 aromatic rings. The Balaban J connectivity index is 4.24. The lowest BCUT2D eigenvalue weighted by Crippen LogP contribution is -2.30. The van der Waals surface area contributed by atoms with Crippen molar-refractivity contribution in [3.05, 3.63) is 146 Å². The molecule has 0 aromatic heterocycles. The highest BCUT2D eigenvalue weighted by Crippen LogP contribution is 2.17. The quantitative estimate of drug-likeness (QED) is 0.0261. The van der Waals surface area contributed by atoms with E-state index in [1.54, 1.807) is 0 Å². The molecule has 6 heteroatoms. The van der Waals surface area contributed by atoms with Crippen LogP contribution in [0.15, 0.2) is 146 Å². The summed E-state index contributed by atoms with van der Waals surface area (Å²) in [7, 11) is 0. The first-order valence-corrected chi connectivity index (χ1v) is 34.3. The smallest absolute Gasteiger partial charge is 0.306 e. The number of unbranched alkanes of at least 4 members (excludes halogenated alkanes) is 26. The van der Waals surface area contributed by atoms with Crippen LogP contribution >= 0.6 is 0 Å². The maximum Gasteiger partial charge on any atom is 0.306 e. The summed E-state index contributed by atoms with van der Waals surface area (Å²) in [5, 5.41) is 0. The van der Waals surface area contributed by atoms with Gasteiger partial charge in [-0.25, -0.2) is 0 Å². The zero-order valence-corrected chi connectivity index (χ0v) is 53.9. The average Bonchev–Trinajstić information content (AvgIpc) is 3.49.